The van der Waals surface area contributed by atoms with Crippen LogP contribution in [0.15, 0.2) is 0 Å². The smallest absolute Gasteiger partial charge is 0.0241 e. The fraction of sp³-hybridized carbons (Fsp3) is 1.00. The molecule has 2 bridgehead atoms. The van der Waals surface area contributed by atoms with Gasteiger partial charge in [-0.05, 0) is 31.1 Å². The Morgan fingerprint density at radius 1 is 1.22 bits per heavy atom. The second-order valence-corrected chi connectivity index (χ2v) is 3.45. The Bertz CT molecular complexity index is 113. The van der Waals surface area contributed by atoms with Gasteiger partial charge >= 0.3 is 0 Å². The molecule has 2 saturated carbocycles. The van der Waals surface area contributed by atoms with Crippen LogP contribution in [0.1, 0.15) is 25.7 Å². The first-order valence-electron chi connectivity index (χ1n) is 3.86. The highest BCUT2D eigenvalue weighted by Gasteiger charge is 2.38. The lowest BCUT2D eigenvalue weighted by atomic mass is 9.96. The summed E-state index contributed by atoms with van der Waals surface area (Å²) in [4.78, 5) is 0. The Morgan fingerprint density at radius 2 is 2.11 bits per heavy atom. The van der Waals surface area contributed by atoms with E-state index in [4.69, 9.17) is 5.84 Å². The van der Waals surface area contributed by atoms with Crippen LogP contribution in [-0.2, 0) is 0 Å². The predicted octanol–water partition coefficient (Wildman–Crippen LogP) is 0.638. The van der Waals surface area contributed by atoms with Gasteiger partial charge in [-0.3, -0.25) is 11.3 Å². The molecule has 2 fully saturated rings. The monoisotopic (exact) mass is 126 g/mol. The summed E-state index contributed by atoms with van der Waals surface area (Å²) in [7, 11) is 0. The van der Waals surface area contributed by atoms with Gasteiger partial charge in [0, 0.05) is 6.04 Å². The van der Waals surface area contributed by atoms with E-state index in [1.165, 1.54) is 25.7 Å². The van der Waals surface area contributed by atoms with E-state index in [0.717, 1.165) is 11.8 Å². The third-order valence-electron chi connectivity index (χ3n) is 2.95. The van der Waals surface area contributed by atoms with E-state index in [-0.39, 0.29) is 0 Å². The van der Waals surface area contributed by atoms with Crippen molar-refractivity contribution in [2.24, 2.45) is 17.7 Å². The molecule has 0 unspecified atom stereocenters. The molecular formula is C7H14N2. The second kappa shape index (κ2) is 1.96. The molecule has 3 N–H and O–H groups in total. The molecule has 0 aromatic carbocycles. The zero-order valence-corrected chi connectivity index (χ0v) is 5.64. The van der Waals surface area contributed by atoms with Crippen LogP contribution in [0, 0.1) is 11.8 Å². The van der Waals surface area contributed by atoms with E-state index in [1.54, 1.807) is 0 Å². The van der Waals surface area contributed by atoms with Gasteiger partial charge in [-0.25, -0.2) is 0 Å². The van der Waals surface area contributed by atoms with E-state index in [9.17, 15) is 0 Å². The minimum absolute atomic E-state index is 0.656. The summed E-state index contributed by atoms with van der Waals surface area (Å²) < 4.78 is 0. The minimum atomic E-state index is 0.656. The minimum Gasteiger partial charge on any atom is -0.271 e. The molecule has 0 saturated heterocycles. The highest BCUT2D eigenvalue weighted by molar-refractivity contribution is 4.92. The van der Waals surface area contributed by atoms with Crippen molar-refractivity contribution < 1.29 is 0 Å². The Hall–Kier alpha value is -0.0800. The van der Waals surface area contributed by atoms with Crippen LogP contribution in [0.5, 0.6) is 0 Å². The van der Waals surface area contributed by atoms with E-state index in [1.807, 2.05) is 0 Å². The molecule has 0 radical (unpaired) electrons. The van der Waals surface area contributed by atoms with Crippen molar-refractivity contribution in [3.8, 4) is 0 Å². The summed E-state index contributed by atoms with van der Waals surface area (Å²) in [6, 6.07) is 0.656. The molecule has 0 aliphatic heterocycles. The van der Waals surface area contributed by atoms with Gasteiger partial charge in [-0.2, -0.15) is 0 Å². The van der Waals surface area contributed by atoms with Crippen molar-refractivity contribution in [1.29, 1.82) is 0 Å². The van der Waals surface area contributed by atoms with E-state index in [0.29, 0.717) is 6.04 Å². The zero-order valence-electron chi connectivity index (χ0n) is 5.64. The maximum absolute atomic E-state index is 5.37. The fourth-order valence-corrected chi connectivity index (χ4v) is 2.45. The lowest BCUT2D eigenvalue weighted by Gasteiger charge is -2.19. The van der Waals surface area contributed by atoms with Crippen molar-refractivity contribution in [3.05, 3.63) is 0 Å². The Kier molecular flexibility index (Phi) is 1.24. The first-order valence-corrected chi connectivity index (χ1v) is 3.86. The molecule has 9 heavy (non-hydrogen) atoms. The summed E-state index contributed by atoms with van der Waals surface area (Å²) in [6.45, 7) is 0. The van der Waals surface area contributed by atoms with Gasteiger partial charge in [0.05, 0.1) is 0 Å². The van der Waals surface area contributed by atoms with Crippen LogP contribution in [-0.4, -0.2) is 6.04 Å². The maximum Gasteiger partial charge on any atom is 0.0241 e. The number of hydrogen-bond donors (Lipinski definition) is 2. The van der Waals surface area contributed by atoms with Gasteiger partial charge in [-0.1, -0.05) is 6.42 Å². The van der Waals surface area contributed by atoms with E-state index < -0.39 is 0 Å². The lowest BCUT2D eigenvalue weighted by molar-refractivity contribution is 0.357. The Labute approximate surface area is 55.8 Å². The van der Waals surface area contributed by atoms with Crippen LogP contribution < -0.4 is 11.3 Å². The zero-order chi connectivity index (χ0) is 6.27. The van der Waals surface area contributed by atoms with Crippen molar-refractivity contribution in [3.63, 3.8) is 0 Å². The average Bonchev–Trinajstić information content (AvgIpc) is 2.45. The molecule has 0 aromatic rings. The summed E-state index contributed by atoms with van der Waals surface area (Å²) in [5.74, 6) is 7.30. The number of hydrogen-bond acceptors (Lipinski definition) is 2. The van der Waals surface area contributed by atoms with Crippen molar-refractivity contribution in [2.75, 3.05) is 0 Å². The third kappa shape index (κ3) is 0.775. The molecule has 2 nitrogen and oxygen atoms in total. The number of fused-ring (bicyclic) bond motifs is 2. The van der Waals surface area contributed by atoms with Crippen LogP contribution in [0.2, 0.25) is 0 Å². The third-order valence-corrected chi connectivity index (χ3v) is 2.95. The summed E-state index contributed by atoms with van der Waals surface area (Å²) in [5.41, 5.74) is 2.90. The molecule has 2 aliphatic rings. The van der Waals surface area contributed by atoms with Gasteiger partial charge in [-0.15, -0.1) is 0 Å². The molecule has 3 atom stereocenters. The summed E-state index contributed by atoms with van der Waals surface area (Å²) in [5, 5.41) is 0. The van der Waals surface area contributed by atoms with Crippen LogP contribution in [0.4, 0.5) is 0 Å². The number of hydrazine groups is 1. The van der Waals surface area contributed by atoms with Gasteiger partial charge < -0.3 is 0 Å². The van der Waals surface area contributed by atoms with Crippen LogP contribution in [0.25, 0.3) is 0 Å². The SMILES string of the molecule is NN[C@H]1C[C@H]2CC[C@@H]1C2. The standard InChI is InChI=1S/C7H14N2/c8-9-7-4-5-1-2-6(7)3-5/h5-7,9H,1-4,8H2/t5-,6+,7-/m0/s1. The van der Waals surface area contributed by atoms with Crippen LogP contribution in [0.3, 0.4) is 0 Å². The largest absolute Gasteiger partial charge is 0.271 e. The topological polar surface area (TPSA) is 38.0 Å². The summed E-state index contributed by atoms with van der Waals surface area (Å²) >= 11 is 0. The summed E-state index contributed by atoms with van der Waals surface area (Å²) in [6.07, 6.45) is 5.65. The van der Waals surface area contributed by atoms with E-state index in [2.05, 4.69) is 5.43 Å². The van der Waals surface area contributed by atoms with Gasteiger partial charge in [0.25, 0.3) is 0 Å². The van der Waals surface area contributed by atoms with Crippen molar-refractivity contribution in [2.45, 2.75) is 31.7 Å². The fourth-order valence-electron chi connectivity index (χ4n) is 2.45. The quantitative estimate of drug-likeness (QED) is 0.399. The van der Waals surface area contributed by atoms with Crippen molar-refractivity contribution >= 4 is 0 Å². The number of nitrogens with two attached hydrogens (primary N) is 1. The second-order valence-electron chi connectivity index (χ2n) is 3.45. The maximum atomic E-state index is 5.37. The molecule has 52 valence electrons. The molecule has 0 aromatic heterocycles. The molecule has 2 heteroatoms. The molecule has 2 rings (SSSR count). The number of nitrogens with one attached hydrogen (secondary N) is 1. The predicted molar refractivity (Wildman–Crippen MR) is 36.6 cm³/mol. The van der Waals surface area contributed by atoms with Crippen LogP contribution >= 0.6 is 0 Å². The lowest BCUT2D eigenvalue weighted by Crippen LogP contribution is -2.38. The highest BCUT2D eigenvalue weighted by Crippen LogP contribution is 2.43. The average molecular weight is 126 g/mol. The Balaban J connectivity index is 2.01. The first-order chi connectivity index (χ1) is 4.40. The first kappa shape index (κ1) is 5.69. The van der Waals surface area contributed by atoms with Crippen molar-refractivity contribution in [1.82, 2.24) is 5.43 Å². The molecule has 0 heterocycles. The Morgan fingerprint density at radius 3 is 2.44 bits per heavy atom. The number of rotatable bonds is 1. The van der Waals surface area contributed by atoms with Gasteiger partial charge in [0.2, 0.25) is 0 Å². The molecule has 0 amide bonds. The van der Waals surface area contributed by atoms with Gasteiger partial charge in [0.15, 0.2) is 0 Å². The normalized spacial score (nSPS) is 48.3. The highest BCUT2D eigenvalue weighted by atomic mass is 15.2. The van der Waals surface area contributed by atoms with Gasteiger partial charge in [0.1, 0.15) is 0 Å². The molecular weight excluding hydrogens is 112 g/mol. The molecule has 0 spiro atoms. The van der Waals surface area contributed by atoms with E-state index >= 15 is 0 Å². The molecule has 2 aliphatic carbocycles.